The molecule has 2 fully saturated rings. The number of nitrogens with one attached hydrogen (secondary N) is 1. The van der Waals surface area contributed by atoms with Crippen LogP contribution in [0.5, 0.6) is 0 Å². The van der Waals surface area contributed by atoms with E-state index in [0.29, 0.717) is 25.2 Å². The average Bonchev–Trinajstić information content (AvgIpc) is 2.69. The molecule has 3 unspecified atom stereocenters. The predicted octanol–water partition coefficient (Wildman–Crippen LogP) is 0.855. The fourth-order valence-electron chi connectivity index (χ4n) is 3.93. The molecule has 2 saturated heterocycles. The molecule has 2 aliphatic rings. The first-order chi connectivity index (χ1) is 10.0. The van der Waals surface area contributed by atoms with Gasteiger partial charge in [-0.25, -0.2) is 0 Å². The van der Waals surface area contributed by atoms with Crippen LogP contribution in [0.1, 0.15) is 39.0 Å². The van der Waals surface area contributed by atoms with Gasteiger partial charge in [-0.15, -0.1) is 0 Å². The number of carbonyl (C=O) groups is 2. The van der Waals surface area contributed by atoms with E-state index in [2.05, 4.69) is 10.2 Å². The lowest BCUT2D eigenvalue weighted by Gasteiger charge is -2.41. The van der Waals surface area contributed by atoms with Crippen LogP contribution in [0.4, 0.5) is 0 Å². The quantitative estimate of drug-likeness (QED) is 0.681. The smallest absolute Gasteiger partial charge is 0.303 e. The Morgan fingerprint density at radius 3 is 2.48 bits per heavy atom. The minimum absolute atomic E-state index is 0.0423. The molecule has 0 aromatic carbocycles. The molecule has 2 rings (SSSR count). The standard InChI is InChI=1S/C15H26N2O4/c1-10(15(20)16-5-6-21-2)17-12-3-4-13(17)8-11(7-12)9-14(18)19/h10-13H,3-9H2,1-2H3,(H,16,20)(H,18,19). The molecule has 2 aliphatic heterocycles. The summed E-state index contributed by atoms with van der Waals surface area (Å²) in [5.41, 5.74) is 0. The molecule has 0 aliphatic carbocycles. The number of carbonyl (C=O) groups excluding carboxylic acids is 1. The summed E-state index contributed by atoms with van der Waals surface area (Å²) in [4.78, 5) is 25.4. The Hall–Kier alpha value is -1.14. The van der Waals surface area contributed by atoms with Gasteiger partial charge in [-0.2, -0.15) is 0 Å². The van der Waals surface area contributed by atoms with Crippen molar-refractivity contribution in [1.29, 1.82) is 0 Å². The van der Waals surface area contributed by atoms with E-state index in [1.165, 1.54) is 0 Å². The Bertz CT molecular complexity index is 374. The summed E-state index contributed by atoms with van der Waals surface area (Å²) in [6, 6.07) is 0.567. The number of ether oxygens (including phenoxy) is 1. The van der Waals surface area contributed by atoms with Gasteiger partial charge in [-0.1, -0.05) is 0 Å². The minimum atomic E-state index is -0.710. The summed E-state index contributed by atoms with van der Waals surface area (Å²) >= 11 is 0. The molecule has 1 amide bonds. The second-order valence-electron chi connectivity index (χ2n) is 6.23. The topological polar surface area (TPSA) is 78.9 Å². The molecule has 0 aromatic heterocycles. The molecular weight excluding hydrogens is 272 g/mol. The normalized spacial score (nSPS) is 30.1. The number of fused-ring (bicyclic) bond motifs is 2. The van der Waals surface area contributed by atoms with Crippen LogP contribution in [0, 0.1) is 5.92 Å². The summed E-state index contributed by atoms with van der Waals surface area (Å²) < 4.78 is 4.94. The molecule has 21 heavy (non-hydrogen) atoms. The minimum Gasteiger partial charge on any atom is -0.481 e. The van der Waals surface area contributed by atoms with Crippen LogP contribution >= 0.6 is 0 Å². The molecule has 120 valence electrons. The Labute approximate surface area is 125 Å². The second kappa shape index (κ2) is 7.22. The zero-order chi connectivity index (χ0) is 15.4. The Balaban J connectivity index is 1.90. The number of piperidine rings is 1. The van der Waals surface area contributed by atoms with Crippen molar-refractivity contribution >= 4 is 11.9 Å². The van der Waals surface area contributed by atoms with Crippen molar-refractivity contribution in [3.8, 4) is 0 Å². The lowest BCUT2D eigenvalue weighted by atomic mass is 9.87. The second-order valence-corrected chi connectivity index (χ2v) is 6.23. The fraction of sp³-hybridized carbons (Fsp3) is 0.867. The number of rotatable bonds is 7. The zero-order valence-corrected chi connectivity index (χ0v) is 12.9. The van der Waals surface area contributed by atoms with Gasteiger partial charge in [0.05, 0.1) is 12.6 Å². The highest BCUT2D eigenvalue weighted by Gasteiger charge is 2.44. The molecule has 2 N–H and O–H groups in total. The molecule has 2 bridgehead atoms. The van der Waals surface area contributed by atoms with Crippen LogP contribution in [0.15, 0.2) is 0 Å². The van der Waals surface area contributed by atoms with Crippen LogP contribution in [-0.4, -0.2) is 60.3 Å². The average molecular weight is 298 g/mol. The highest BCUT2D eigenvalue weighted by atomic mass is 16.5. The van der Waals surface area contributed by atoms with E-state index in [-0.39, 0.29) is 24.3 Å². The predicted molar refractivity (Wildman–Crippen MR) is 78.0 cm³/mol. The first-order valence-corrected chi connectivity index (χ1v) is 7.78. The van der Waals surface area contributed by atoms with Crippen molar-refractivity contribution in [3.63, 3.8) is 0 Å². The third kappa shape index (κ3) is 3.95. The van der Waals surface area contributed by atoms with Crippen molar-refractivity contribution in [3.05, 3.63) is 0 Å². The number of methoxy groups -OCH3 is 1. The number of hydrogen-bond donors (Lipinski definition) is 2. The molecule has 0 radical (unpaired) electrons. The van der Waals surface area contributed by atoms with Crippen LogP contribution in [0.3, 0.4) is 0 Å². The van der Waals surface area contributed by atoms with Crippen molar-refractivity contribution < 1.29 is 19.4 Å². The number of aliphatic carboxylic acids is 1. The lowest BCUT2D eigenvalue weighted by Crippen LogP contribution is -2.53. The molecule has 3 atom stereocenters. The van der Waals surface area contributed by atoms with E-state index >= 15 is 0 Å². The van der Waals surface area contributed by atoms with E-state index in [1.54, 1.807) is 7.11 Å². The number of hydrogen-bond acceptors (Lipinski definition) is 4. The van der Waals surface area contributed by atoms with Crippen LogP contribution in [0.25, 0.3) is 0 Å². The Kier molecular flexibility index (Phi) is 5.58. The van der Waals surface area contributed by atoms with Crippen LogP contribution < -0.4 is 5.32 Å². The van der Waals surface area contributed by atoms with Gasteiger partial charge < -0.3 is 15.2 Å². The van der Waals surface area contributed by atoms with E-state index in [1.807, 2.05) is 6.92 Å². The van der Waals surface area contributed by atoms with Crippen molar-refractivity contribution in [2.75, 3.05) is 20.3 Å². The summed E-state index contributed by atoms with van der Waals surface area (Å²) in [5, 5.41) is 11.8. The van der Waals surface area contributed by atoms with E-state index in [0.717, 1.165) is 25.7 Å². The summed E-state index contributed by atoms with van der Waals surface area (Å²) in [5.74, 6) is -0.404. The van der Waals surface area contributed by atoms with Gasteiger partial charge in [0, 0.05) is 32.2 Å². The third-order valence-corrected chi connectivity index (χ3v) is 4.78. The maximum atomic E-state index is 12.2. The molecule has 6 heteroatoms. The molecular formula is C15H26N2O4. The monoisotopic (exact) mass is 298 g/mol. The Morgan fingerprint density at radius 2 is 1.95 bits per heavy atom. The summed E-state index contributed by atoms with van der Waals surface area (Å²) in [6.07, 6.45) is 4.22. The number of nitrogens with zero attached hydrogens (tertiary/aromatic N) is 1. The SMILES string of the molecule is COCCNC(=O)C(C)N1C2CCC1CC(CC(=O)O)C2. The van der Waals surface area contributed by atoms with Gasteiger partial charge in [0.1, 0.15) is 0 Å². The van der Waals surface area contributed by atoms with Gasteiger partial charge in [-0.3, -0.25) is 14.5 Å². The lowest BCUT2D eigenvalue weighted by molar-refractivity contribution is -0.139. The van der Waals surface area contributed by atoms with Gasteiger partial charge in [0.15, 0.2) is 0 Å². The maximum Gasteiger partial charge on any atom is 0.303 e. The highest BCUT2D eigenvalue weighted by molar-refractivity contribution is 5.81. The first kappa shape index (κ1) is 16.2. The van der Waals surface area contributed by atoms with Crippen LogP contribution in [0.2, 0.25) is 0 Å². The summed E-state index contributed by atoms with van der Waals surface area (Å²) in [7, 11) is 1.61. The van der Waals surface area contributed by atoms with E-state index in [4.69, 9.17) is 9.84 Å². The molecule has 0 spiro atoms. The van der Waals surface area contributed by atoms with Gasteiger partial charge >= 0.3 is 5.97 Å². The van der Waals surface area contributed by atoms with Crippen LogP contribution in [-0.2, 0) is 14.3 Å². The summed E-state index contributed by atoms with van der Waals surface area (Å²) in [6.45, 7) is 3.00. The van der Waals surface area contributed by atoms with Gasteiger partial charge in [0.25, 0.3) is 0 Å². The highest BCUT2D eigenvalue weighted by Crippen LogP contribution is 2.41. The van der Waals surface area contributed by atoms with Gasteiger partial charge in [-0.05, 0) is 38.5 Å². The van der Waals surface area contributed by atoms with E-state index in [9.17, 15) is 9.59 Å². The third-order valence-electron chi connectivity index (χ3n) is 4.78. The zero-order valence-electron chi connectivity index (χ0n) is 12.9. The van der Waals surface area contributed by atoms with E-state index < -0.39 is 5.97 Å². The molecule has 2 heterocycles. The first-order valence-electron chi connectivity index (χ1n) is 7.78. The number of amides is 1. The van der Waals surface area contributed by atoms with Gasteiger partial charge in [0.2, 0.25) is 5.91 Å². The molecule has 0 aromatic rings. The van der Waals surface area contributed by atoms with Crippen molar-refractivity contribution in [2.24, 2.45) is 5.92 Å². The van der Waals surface area contributed by atoms with Crippen molar-refractivity contribution in [2.45, 2.75) is 57.2 Å². The fourth-order valence-corrected chi connectivity index (χ4v) is 3.93. The Morgan fingerprint density at radius 1 is 1.33 bits per heavy atom. The largest absolute Gasteiger partial charge is 0.481 e. The maximum absolute atomic E-state index is 12.2. The number of carboxylic acid groups (broad SMARTS) is 1. The molecule has 6 nitrogen and oxygen atoms in total. The van der Waals surface area contributed by atoms with Crippen molar-refractivity contribution in [1.82, 2.24) is 10.2 Å². The molecule has 0 saturated carbocycles. The number of carboxylic acids is 1.